The van der Waals surface area contributed by atoms with Gasteiger partial charge in [-0.2, -0.15) is 5.26 Å². The van der Waals surface area contributed by atoms with Gasteiger partial charge in [-0.1, -0.05) is 58.0 Å². The zero-order valence-electron chi connectivity index (χ0n) is 11.7. The second-order valence-corrected chi connectivity index (χ2v) is 6.87. The smallest absolute Gasteiger partial charge is 0.125 e. The van der Waals surface area contributed by atoms with Crippen LogP contribution in [0.15, 0.2) is 18.3 Å². The van der Waals surface area contributed by atoms with E-state index in [4.69, 9.17) is 63.3 Å². The Kier molecular flexibility index (Phi) is 4.79. The lowest BCUT2D eigenvalue weighted by Crippen LogP contribution is -1.89. The summed E-state index contributed by atoms with van der Waals surface area (Å²) in [5, 5.41) is 20.2. The third-order valence-corrected chi connectivity index (χ3v) is 5.92. The number of nitriles is 1. The highest BCUT2D eigenvalue weighted by Gasteiger charge is 2.23. The molecule has 0 atom stereocenters. The first-order valence-electron chi connectivity index (χ1n) is 6.59. The zero-order valence-corrected chi connectivity index (χ0v) is 15.5. The van der Waals surface area contributed by atoms with E-state index in [0.717, 1.165) is 0 Å². The maximum Gasteiger partial charge on any atom is 0.125 e. The highest BCUT2D eigenvalue weighted by molar-refractivity contribution is 6.56. The van der Waals surface area contributed by atoms with Crippen molar-refractivity contribution in [3.8, 4) is 22.9 Å². The van der Waals surface area contributed by atoms with Gasteiger partial charge in [0.05, 0.1) is 43.1 Å². The minimum atomic E-state index is 0.0404. The Balaban J connectivity index is 2.41. The van der Waals surface area contributed by atoms with Crippen molar-refractivity contribution >= 4 is 68.9 Å². The molecule has 0 radical (unpaired) electrons. The predicted molar refractivity (Wildman–Crippen MR) is 99.8 cm³/mol. The summed E-state index contributed by atoms with van der Waals surface area (Å²) in [5.41, 5.74) is 2.21. The number of H-pyrrole nitrogens is 1. The summed E-state index contributed by atoms with van der Waals surface area (Å²) in [5.74, 6) is 0.0404. The molecule has 0 saturated heterocycles. The van der Waals surface area contributed by atoms with Crippen molar-refractivity contribution in [3.05, 3.63) is 49.0 Å². The van der Waals surface area contributed by atoms with Crippen LogP contribution in [0.4, 0.5) is 0 Å². The van der Waals surface area contributed by atoms with Crippen molar-refractivity contribution in [2.24, 2.45) is 0 Å². The van der Waals surface area contributed by atoms with E-state index in [1.54, 1.807) is 12.3 Å². The molecule has 0 spiro atoms. The average Bonchev–Trinajstić information content (AvgIpc) is 2.98. The highest BCUT2D eigenvalue weighted by Crippen LogP contribution is 2.50. The number of aromatic hydroxyl groups is 1. The molecule has 1 aromatic heterocycles. The fourth-order valence-electron chi connectivity index (χ4n) is 2.57. The summed E-state index contributed by atoms with van der Waals surface area (Å²) in [7, 11) is 0. The van der Waals surface area contributed by atoms with Gasteiger partial charge in [0, 0.05) is 22.7 Å². The van der Waals surface area contributed by atoms with Gasteiger partial charge in [0.15, 0.2) is 0 Å². The molecule has 3 nitrogen and oxygen atoms in total. The molecular weight excluding hydrogens is 413 g/mol. The largest absolute Gasteiger partial charge is 0.507 e. The lowest BCUT2D eigenvalue weighted by molar-refractivity contribution is 0.481. The molecule has 0 saturated carbocycles. The van der Waals surface area contributed by atoms with Crippen LogP contribution in [0.1, 0.15) is 5.56 Å². The second-order valence-electron chi connectivity index (χ2n) is 4.98. The number of hydrogen-bond donors (Lipinski definition) is 2. The van der Waals surface area contributed by atoms with E-state index in [1.165, 1.54) is 6.07 Å². The third-order valence-electron chi connectivity index (χ3n) is 3.64. The SMILES string of the molecule is N#CCc1c[nH]c2c(-c3c(Cl)c(Cl)c(Cl)c(Cl)c3Cl)ccc(O)c12. The van der Waals surface area contributed by atoms with E-state index in [0.29, 0.717) is 27.6 Å². The van der Waals surface area contributed by atoms with Crippen molar-refractivity contribution in [3.63, 3.8) is 0 Å². The summed E-state index contributed by atoms with van der Waals surface area (Å²) >= 11 is 31.0. The Bertz CT molecular complexity index is 991. The van der Waals surface area contributed by atoms with Crippen LogP contribution in [0.25, 0.3) is 22.0 Å². The summed E-state index contributed by atoms with van der Waals surface area (Å²) in [6.45, 7) is 0. The van der Waals surface area contributed by atoms with E-state index in [-0.39, 0.29) is 37.3 Å². The number of hydrogen-bond acceptors (Lipinski definition) is 2. The predicted octanol–water partition coefficient (Wildman–Crippen LogP) is 6.87. The van der Waals surface area contributed by atoms with Gasteiger partial charge >= 0.3 is 0 Å². The summed E-state index contributed by atoms with van der Waals surface area (Å²) in [4.78, 5) is 3.04. The number of aromatic amines is 1. The Labute approximate surface area is 162 Å². The first-order chi connectivity index (χ1) is 11.4. The number of benzene rings is 2. The molecule has 24 heavy (non-hydrogen) atoms. The van der Waals surface area contributed by atoms with Crippen LogP contribution in [0, 0.1) is 11.3 Å². The van der Waals surface area contributed by atoms with Crippen LogP contribution in [-0.4, -0.2) is 10.1 Å². The van der Waals surface area contributed by atoms with Gasteiger partial charge in [-0.25, -0.2) is 0 Å². The maximum absolute atomic E-state index is 10.2. The number of fused-ring (bicyclic) bond motifs is 1. The number of rotatable bonds is 2. The number of halogens is 5. The number of nitrogens with zero attached hydrogens (tertiary/aromatic N) is 1. The molecule has 3 rings (SSSR count). The van der Waals surface area contributed by atoms with Gasteiger partial charge in [0.1, 0.15) is 5.75 Å². The monoisotopic (exact) mass is 418 g/mol. The fraction of sp³-hybridized carbons (Fsp3) is 0.0625. The van der Waals surface area contributed by atoms with Gasteiger partial charge in [0.2, 0.25) is 0 Å². The molecule has 0 aliphatic rings. The van der Waals surface area contributed by atoms with Crippen LogP contribution in [0.2, 0.25) is 25.1 Å². The van der Waals surface area contributed by atoms with Crippen molar-refractivity contribution in [2.45, 2.75) is 6.42 Å². The van der Waals surface area contributed by atoms with E-state index in [9.17, 15) is 5.11 Å². The molecule has 0 fully saturated rings. The van der Waals surface area contributed by atoms with Crippen molar-refractivity contribution in [1.29, 1.82) is 5.26 Å². The molecule has 0 bridgehead atoms. The molecular formula is C16H7Cl5N2O. The molecule has 122 valence electrons. The standard InChI is InChI=1S/C16H7Cl5N2O/c17-11-10(12(18)14(20)15(21)13(11)19)7-1-2-8(24)9-6(3-4-22)5-23-16(7)9/h1-2,5,23-24H,3H2. The Morgan fingerprint density at radius 3 is 2.12 bits per heavy atom. The minimum absolute atomic E-state index is 0.0404. The minimum Gasteiger partial charge on any atom is -0.507 e. The zero-order chi connectivity index (χ0) is 17.6. The quantitative estimate of drug-likeness (QED) is 0.351. The van der Waals surface area contributed by atoms with Crippen LogP contribution in [0.5, 0.6) is 5.75 Å². The van der Waals surface area contributed by atoms with Crippen LogP contribution >= 0.6 is 58.0 Å². The van der Waals surface area contributed by atoms with E-state index in [1.807, 2.05) is 0 Å². The van der Waals surface area contributed by atoms with Crippen molar-refractivity contribution in [2.75, 3.05) is 0 Å². The Morgan fingerprint density at radius 1 is 0.958 bits per heavy atom. The Morgan fingerprint density at radius 2 is 1.54 bits per heavy atom. The second kappa shape index (κ2) is 6.55. The van der Waals surface area contributed by atoms with Gasteiger partial charge < -0.3 is 10.1 Å². The van der Waals surface area contributed by atoms with Gasteiger partial charge in [-0.3, -0.25) is 0 Å². The van der Waals surface area contributed by atoms with Crippen LogP contribution in [0.3, 0.4) is 0 Å². The molecule has 0 unspecified atom stereocenters. The summed E-state index contributed by atoms with van der Waals surface area (Å²) in [6.07, 6.45) is 1.79. The van der Waals surface area contributed by atoms with Gasteiger partial charge in [-0.15, -0.1) is 0 Å². The lowest BCUT2D eigenvalue weighted by atomic mass is 10.00. The van der Waals surface area contributed by atoms with E-state index >= 15 is 0 Å². The molecule has 8 heteroatoms. The van der Waals surface area contributed by atoms with Crippen LogP contribution < -0.4 is 0 Å². The Hall–Kier alpha value is -1.28. The van der Waals surface area contributed by atoms with Crippen molar-refractivity contribution < 1.29 is 5.11 Å². The molecule has 0 aliphatic carbocycles. The van der Waals surface area contributed by atoms with Crippen molar-refractivity contribution in [1.82, 2.24) is 4.98 Å². The number of nitrogens with one attached hydrogen (secondary N) is 1. The molecule has 1 heterocycles. The molecule has 2 N–H and O–H groups in total. The molecule has 0 aliphatic heterocycles. The maximum atomic E-state index is 10.2. The number of phenols is 1. The summed E-state index contributed by atoms with van der Waals surface area (Å²) in [6, 6.07) is 5.19. The first-order valence-corrected chi connectivity index (χ1v) is 8.48. The van der Waals surface area contributed by atoms with Crippen LogP contribution in [-0.2, 0) is 6.42 Å². The average molecular weight is 421 g/mol. The summed E-state index contributed by atoms with van der Waals surface area (Å²) < 4.78 is 0. The highest BCUT2D eigenvalue weighted by atomic mass is 35.5. The number of phenolic OH excluding ortho intramolecular Hbond substituents is 1. The molecule has 2 aromatic carbocycles. The van der Waals surface area contributed by atoms with Gasteiger partial charge in [0.25, 0.3) is 0 Å². The topological polar surface area (TPSA) is 59.8 Å². The van der Waals surface area contributed by atoms with E-state index in [2.05, 4.69) is 11.1 Å². The van der Waals surface area contributed by atoms with E-state index < -0.39 is 0 Å². The third kappa shape index (κ3) is 2.60. The fourth-order valence-corrected chi connectivity index (χ4v) is 3.91. The molecule has 3 aromatic rings. The van der Waals surface area contributed by atoms with Gasteiger partial charge in [-0.05, 0) is 17.7 Å². The number of aromatic nitrogens is 1. The lowest BCUT2D eigenvalue weighted by Gasteiger charge is -2.14. The first kappa shape index (κ1) is 17.5. The normalized spacial score (nSPS) is 11.0. The molecule has 0 amide bonds.